The summed E-state index contributed by atoms with van der Waals surface area (Å²) in [5.41, 5.74) is 1.84. The Labute approximate surface area is 215 Å². The van der Waals surface area contributed by atoms with Crippen LogP contribution < -0.4 is 9.04 Å². The number of ether oxygens (including phenoxy) is 3. The number of carbonyl (C=O) groups is 1. The molecule has 0 N–H and O–H groups in total. The average molecular weight is 599 g/mol. The molecule has 0 aliphatic carbocycles. The molecule has 2 aliphatic rings. The lowest BCUT2D eigenvalue weighted by Crippen LogP contribution is -2.43. The molecule has 9 heteroatoms. The number of carbonyl (C=O) groups excluding carboxylic acids is 1. The fourth-order valence-electron chi connectivity index (χ4n) is 4.60. The summed E-state index contributed by atoms with van der Waals surface area (Å²) in [5, 5.41) is 0. The van der Waals surface area contributed by atoms with E-state index in [0.29, 0.717) is 43.6 Å². The molecule has 2 aromatic rings. The van der Waals surface area contributed by atoms with E-state index in [-0.39, 0.29) is 16.5 Å². The van der Waals surface area contributed by atoms with Gasteiger partial charge in [0.15, 0.2) is 0 Å². The van der Waals surface area contributed by atoms with Crippen molar-refractivity contribution in [2.24, 2.45) is 5.92 Å². The van der Waals surface area contributed by atoms with Crippen molar-refractivity contribution in [2.75, 3.05) is 31.2 Å². The average Bonchev–Trinajstić information content (AvgIpc) is 2.86. The summed E-state index contributed by atoms with van der Waals surface area (Å²) in [6.07, 6.45) is 4.07. The van der Waals surface area contributed by atoms with Crippen LogP contribution in [0.1, 0.15) is 48.5 Å². The first-order chi connectivity index (χ1) is 16.3. The third-order valence-electron chi connectivity index (χ3n) is 6.56. The van der Waals surface area contributed by atoms with E-state index in [2.05, 4.69) is 22.6 Å². The van der Waals surface area contributed by atoms with Crippen molar-refractivity contribution in [3.8, 4) is 5.75 Å². The number of methoxy groups -OCH3 is 1. The number of benzene rings is 2. The first kappa shape index (κ1) is 25.2. The zero-order valence-corrected chi connectivity index (χ0v) is 22.4. The van der Waals surface area contributed by atoms with Crippen molar-refractivity contribution >= 4 is 44.3 Å². The topological polar surface area (TPSA) is 82.1 Å². The lowest BCUT2D eigenvalue weighted by molar-refractivity contribution is 0.0483. The van der Waals surface area contributed by atoms with E-state index >= 15 is 0 Å². The predicted octanol–water partition coefficient (Wildman–Crippen LogP) is 4.80. The van der Waals surface area contributed by atoms with Crippen molar-refractivity contribution in [1.29, 1.82) is 0 Å². The normalized spacial score (nSPS) is 18.9. The minimum Gasteiger partial charge on any atom is -0.492 e. The van der Waals surface area contributed by atoms with Crippen LogP contribution in [0.25, 0.3) is 0 Å². The van der Waals surface area contributed by atoms with Crippen molar-refractivity contribution < 1.29 is 27.4 Å². The fraction of sp³-hybridized carbons (Fsp3) is 0.480. The molecule has 0 unspecified atom stereocenters. The van der Waals surface area contributed by atoms with Gasteiger partial charge in [0, 0.05) is 22.8 Å². The van der Waals surface area contributed by atoms with E-state index in [9.17, 15) is 13.2 Å². The summed E-state index contributed by atoms with van der Waals surface area (Å²) >= 11 is 2.24. The molecule has 34 heavy (non-hydrogen) atoms. The van der Waals surface area contributed by atoms with Gasteiger partial charge in [-0.25, -0.2) is 13.2 Å². The molecule has 2 aromatic carbocycles. The zero-order chi connectivity index (χ0) is 24.3. The Morgan fingerprint density at radius 2 is 1.91 bits per heavy atom. The van der Waals surface area contributed by atoms with Crippen molar-refractivity contribution in [1.82, 2.24) is 0 Å². The van der Waals surface area contributed by atoms with E-state index in [0.717, 1.165) is 34.8 Å². The molecule has 0 saturated carbocycles. The lowest BCUT2D eigenvalue weighted by Gasteiger charge is -2.37. The quantitative estimate of drug-likeness (QED) is 0.336. The highest BCUT2D eigenvalue weighted by molar-refractivity contribution is 14.1. The van der Waals surface area contributed by atoms with Gasteiger partial charge in [0.05, 0.1) is 24.3 Å². The first-order valence-corrected chi connectivity index (χ1v) is 14.1. The van der Waals surface area contributed by atoms with Crippen molar-refractivity contribution in [3.05, 3.63) is 51.1 Å². The van der Waals surface area contributed by atoms with E-state index in [1.54, 1.807) is 6.07 Å². The molecule has 2 aliphatic heterocycles. The monoisotopic (exact) mass is 599 g/mol. The standard InChI is InChI=1S/C25H30INO6S/c1-3-20-6-4-18-14-19(26)5-8-23(18)27(20)34(29,30)21-7-9-24(22(15-21)25(28)31-2)33-16-17-10-12-32-13-11-17/h5,7-9,14-15,17,20H,3-4,6,10-13,16H2,1-2H3/t20-/m1/s1. The Kier molecular flexibility index (Phi) is 8.04. The summed E-state index contributed by atoms with van der Waals surface area (Å²) < 4.78 is 46.7. The van der Waals surface area contributed by atoms with Gasteiger partial charge in [0.1, 0.15) is 11.3 Å². The molecule has 7 nitrogen and oxygen atoms in total. The molecule has 1 atom stereocenters. The summed E-state index contributed by atoms with van der Waals surface area (Å²) in [4.78, 5) is 12.6. The number of sulfonamides is 1. The van der Waals surface area contributed by atoms with Crippen LogP contribution in [0.15, 0.2) is 41.3 Å². The minimum atomic E-state index is -3.91. The molecule has 0 aromatic heterocycles. The van der Waals surface area contributed by atoms with Gasteiger partial charge in [-0.05, 0) is 103 Å². The number of fused-ring (bicyclic) bond motifs is 1. The highest BCUT2D eigenvalue weighted by atomic mass is 127. The van der Waals surface area contributed by atoms with E-state index in [4.69, 9.17) is 14.2 Å². The molecular formula is C25H30INO6S. The highest BCUT2D eigenvalue weighted by Crippen LogP contribution is 2.38. The number of esters is 1. The van der Waals surface area contributed by atoms with Crippen LogP contribution in [0.3, 0.4) is 0 Å². The Bertz CT molecular complexity index is 1150. The van der Waals surface area contributed by atoms with Gasteiger partial charge in [-0.2, -0.15) is 0 Å². The summed E-state index contributed by atoms with van der Waals surface area (Å²) in [6.45, 7) is 3.83. The maximum atomic E-state index is 13.9. The minimum absolute atomic E-state index is 0.0520. The van der Waals surface area contributed by atoms with Crippen LogP contribution in [0.2, 0.25) is 0 Å². The second kappa shape index (κ2) is 10.8. The lowest BCUT2D eigenvalue weighted by atomic mass is 9.97. The molecule has 0 amide bonds. The fourth-order valence-corrected chi connectivity index (χ4v) is 6.97. The van der Waals surface area contributed by atoms with Gasteiger partial charge < -0.3 is 14.2 Å². The molecule has 0 radical (unpaired) electrons. The second-order valence-corrected chi connectivity index (χ2v) is 11.8. The van der Waals surface area contributed by atoms with E-state index in [1.807, 2.05) is 25.1 Å². The first-order valence-electron chi connectivity index (χ1n) is 11.6. The largest absolute Gasteiger partial charge is 0.492 e. The summed E-state index contributed by atoms with van der Waals surface area (Å²) in [5.74, 6) is 0.0400. The Morgan fingerprint density at radius 1 is 1.15 bits per heavy atom. The molecule has 1 saturated heterocycles. The number of hydrogen-bond donors (Lipinski definition) is 0. The van der Waals surface area contributed by atoms with Gasteiger partial charge >= 0.3 is 5.97 Å². The van der Waals surface area contributed by atoms with Crippen LogP contribution in [0.5, 0.6) is 5.75 Å². The smallest absolute Gasteiger partial charge is 0.341 e. The maximum Gasteiger partial charge on any atom is 0.341 e. The molecule has 0 spiro atoms. The Balaban J connectivity index is 1.69. The van der Waals surface area contributed by atoms with Gasteiger partial charge in [0.25, 0.3) is 10.0 Å². The highest BCUT2D eigenvalue weighted by Gasteiger charge is 2.36. The molecule has 184 valence electrons. The number of halogens is 1. The predicted molar refractivity (Wildman–Crippen MR) is 138 cm³/mol. The Morgan fingerprint density at radius 3 is 2.62 bits per heavy atom. The van der Waals surface area contributed by atoms with Gasteiger partial charge in [-0.3, -0.25) is 4.31 Å². The third-order valence-corrected chi connectivity index (χ3v) is 9.09. The van der Waals surface area contributed by atoms with Crippen LogP contribution in [-0.4, -0.2) is 47.4 Å². The summed E-state index contributed by atoms with van der Waals surface area (Å²) in [6, 6.07) is 10.2. The maximum absolute atomic E-state index is 13.9. The number of aryl methyl sites for hydroxylation is 1. The van der Waals surface area contributed by atoms with Crippen LogP contribution >= 0.6 is 22.6 Å². The SMILES string of the molecule is CC[C@@H]1CCc2cc(I)ccc2N1S(=O)(=O)c1ccc(OCC2CCOCC2)c(C(=O)OC)c1. The van der Waals surface area contributed by atoms with Crippen molar-refractivity contribution in [2.45, 2.75) is 50.0 Å². The van der Waals surface area contributed by atoms with Crippen LogP contribution in [0, 0.1) is 9.49 Å². The van der Waals surface area contributed by atoms with Crippen molar-refractivity contribution in [3.63, 3.8) is 0 Å². The molecule has 2 heterocycles. The van der Waals surface area contributed by atoms with E-state index < -0.39 is 16.0 Å². The van der Waals surface area contributed by atoms with Gasteiger partial charge in [0.2, 0.25) is 0 Å². The molecule has 0 bridgehead atoms. The number of hydrogen-bond acceptors (Lipinski definition) is 6. The molecule has 1 fully saturated rings. The zero-order valence-electron chi connectivity index (χ0n) is 19.5. The third kappa shape index (κ3) is 5.21. The summed E-state index contributed by atoms with van der Waals surface area (Å²) in [7, 11) is -2.64. The Hall–Kier alpha value is -1.85. The van der Waals surface area contributed by atoms with Gasteiger partial charge in [-0.1, -0.05) is 6.92 Å². The molecule has 4 rings (SSSR count). The van der Waals surface area contributed by atoms with E-state index in [1.165, 1.54) is 23.5 Å². The van der Waals surface area contributed by atoms with Gasteiger partial charge in [-0.15, -0.1) is 0 Å². The second-order valence-electron chi connectivity index (χ2n) is 8.69. The molecular weight excluding hydrogens is 569 g/mol. The number of rotatable bonds is 7. The number of nitrogens with zero attached hydrogens (tertiary/aromatic N) is 1. The van der Waals surface area contributed by atoms with Crippen LogP contribution in [-0.2, 0) is 25.9 Å². The van der Waals surface area contributed by atoms with Crippen LogP contribution in [0.4, 0.5) is 5.69 Å². The number of anilines is 1.